The molecule has 0 aromatic carbocycles. The number of hydrogen-bond donors (Lipinski definition) is 1. The maximum atomic E-state index is 12.0. The highest BCUT2D eigenvalue weighted by Crippen LogP contribution is 2.17. The Labute approximate surface area is 89.9 Å². The molecule has 0 aliphatic carbocycles. The van der Waals surface area contributed by atoms with Crippen LogP contribution in [0.2, 0.25) is 0 Å². The highest BCUT2D eigenvalue weighted by molar-refractivity contribution is 6.36. The van der Waals surface area contributed by atoms with Crippen LogP contribution in [0.3, 0.4) is 0 Å². The third-order valence-corrected chi connectivity index (χ3v) is 1.92. The molecule has 0 fully saturated rings. The van der Waals surface area contributed by atoms with E-state index in [2.05, 4.69) is 0 Å². The Morgan fingerprint density at radius 2 is 2.00 bits per heavy atom. The summed E-state index contributed by atoms with van der Waals surface area (Å²) in [5.74, 6) is 0. The first-order valence-corrected chi connectivity index (χ1v) is 4.55. The quantitative estimate of drug-likeness (QED) is 0.810. The molecule has 0 rings (SSSR count). The number of aliphatic hydroxyl groups is 1. The van der Waals surface area contributed by atoms with Crippen LogP contribution in [0.25, 0.3) is 0 Å². The molecule has 0 saturated carbocycles. The number of alkyl halides is 3. The molecule has 0 aliphatic heterocycles. The molecule has 0 aliphatic rings. The lowest BCUT2D eigenvalue weighted by atomic mass is 10.4. The molecule has 0 unspecified atom stereocenters. The fraction of sp³-hybridized carbons (Fsp3) is 0.714. The van der Waals surface area contributed by atoms with Gasteiger partial charge in [-0.05, 0) is 0 Å². The molecule has 84 valence electrons. The molecule has 0 bridgehead atoms. The summed E-state index contributed by atoms with van der Waals surface area (Å²) in [5, 5.41) is 8.62. The predicted octanol–water partition coefficient (Wildman–Crippen LogP) is 2.16. The summed E-state index contributed by atoms with van der Waals surface area (Å²) in [5.41, 5.74) is 1.00. The Balaban J connectivity index is 4.15. The molecule has 0 radical (unpaired) electrons. The second kappa shape index (κ2) is 6.50. The number of aliphatic hydroxyl groups excluding tert-OH is 1. The van der Waals surface area contributed by atoms with Gasteiger partial charge < -0.3 is 5.11 Å². The van der Waals surface area contributed by atoms with Gasteiger partial charge in [0.15, 0.2) is 0 Å². The third kappa shape index (κ3) is 7.44. The number of halogens is 5. The van der Waals surface area contributed by atoms with E-state index in [0.29, 0.717) is 0 Å². The standard InChI is InChI=1S/C7H10Cl2F3NO/c8-3-6(9)4-13(1-2-14)5-7(10,11)12/h3,14H,1-2,4-5H2. The van der Waals surface area contributed by atoms with Gasteiger partial charge in [0, 0.05) is 23.7 Å². The van der Waals surface area contributed by atoms with E-state index in [9.17, 15) is 13.2 Å². The van der Waals surface area contributed by atoms with Crippen LogP contribution >= 0.6 is 23.2 Å². The Bertz CT molecular complexity index is 196. The Hall–Kier alpha value is 0.0300. The van der Waals surface area contributed by atoms with Crippen molar-refractivity contribution >= 4 is 23.2 Å². The lowest BCUT2D eigenvalue weighted by Gasteiger charge is -2.21. The molecule has 1 N–H and O–H groups in total. The lowest BCUT2D eigenvalue weighted by Crippen LogP contribution is -2.37. The molecule has 2 nitrogen and oxygen atoms in total. The van der Waals surface area contributed by atoms with E-state index in [1.807, 2.05) is 0 Å². The first-order valence-electron chi connectivity index (χ1n) is 3.73. The van der Waals surface area contributed by atoms with Gasteiger partial charge in [0.25, 0.3) is 0 Å². The molecule has 0 amide bonds. The van der Waals surface area contributed by atoms with E-state index in [1.54, 1.807) is 0 Å². The van der Waals surface area contributed by atoms with Crippen LogP contribution in [0.15, 0.2) is 10.6 Å². The Morgan fingerprint density at radius 1 is 1.43 bits per heavy atom. The zero-order valence-corrected chi connectivity index (χ0v) is 8.70. The molecule has 0 saturated heterocycles. The van der Waals surface area contributed by atoms with Gasteiger partial charge in [0.05, 0.1) is 13.2 Å². The average Bonchev–Trinajstić information content (AvgIpc) is 2.01. The second-order valence-electron chi connectivity index (χ2n) is 2.61. The third-order valence-electron chi connectivity index (χ3n) is 1.31. The highest BCUT2D eigenvalue weighted by atomic mass is 35.5. The van der Waals surface area contributed by atoms with Crippen LogP contribution in [-0.4, -0.2) is 42.4 Å². The number of hydrogen-bond acceptors (Lipinski definition) is 2. The van der Waals surface area contributed by atoms with Crippen LogP contribution in [0.1, 0.15) is 0 Å². The smallest absolute Gasteiger partial charge is 0.395 e. The summed E-state index contributed by atoms with van der Waals surface area (Å²) in [7, 11) is 0. The van der Waals surface area contributed by atoms with E-state index in [4.69, 9.17) is 28.3 Å². The molecular weight excluding hydrogens is 242 g/mol. The minimum absolute atomic E-state index is 0.0968. The van der Waals surface area contributed by atoms with Crippen molar-refractivity contribution in [1.82, 2.24) is 4.90 Å². The Morgan fingerprint density at radius 3 is 2.36 bits per heavy atom. The van der Waals surface area contributed by atoms with E-state index in [-0.39, 0.29) is 24.7 Å². The topological polar surface area (TPSA) is 23.5 Å². The fourth-order valence-corrected chi connectivity index (χ4v) is 1.10. The zero-order valence-electron chi connectivity index (χ0n) is 7.19. The molecule has 0 aromatic rings. The van der Waals surface area contributed by atoms with Gasteiger partial charge in [-0.25, -0.2) is 0 Å². The maximum Gasteiger partial charge on any atom is 0.401 e. The summed E-state index contributed by atoms with van der Waals surface area (Å²) in [4.78, 5) is 0.960. The van der Waals surface area contributed by atoms with Crippen molar-refractivity contribution in [2.75, 3.05) is 26.2 Å². The van der Waals surface area contributed by atoms with Crippen molar-refractivity contribution in [2.45, 2.75) is 6.18 Å². The van der Waals surface area contributed by atoms with Gasteiger partial charge in [0.1, 0.15) is 0 Å². The number of rotatable bonds is 5. The molecule has 7 heteroatoms. The van der Waals surface area contributed by atoms with E-state index < -0.39 is 12.7 Å². The van der Waals surface area contributed by atoms with Crippen molar-refractivity contribution in [2.24, 2.45) is 0 Å². The summed E-state index contributed by atoms with van der Waals surface area (Å²) in [6.07, 6.45) is -4.31. The van der Waals surface area contributed by atoms with Crippen LogP contribution in [0, 0.1) is 0 Å². The monoisotopic (exact) mass is 251 g/mol. The van der Waals surface area contributed by atoms with Crippen LogP contribution in [0.5, 0.6) is 0 Å². The second-order valence-corrected chi connectivity index (χ2v) is 3.31. The van der Waals surface area contributed by atoms with Gasteiger partial charge in [-0.3, -0.25) is 4.90 Å². The molecule has 0 atom stereocenters. The summed E-state index contributed by atoms with van der Waals surface area (Å²) >= 11 is 10.7. The van der Waals surface area contributed by atoms with Crippen LogP contribution in [0.4, 0.5) is 13.2 Å². The van der Waals surface area contributed by atoms with E-state index in [0.717, 1.165) is 10.4 Å². The zero-order chi connectivity index (χ0) is 11.2. The lowest BCUT2D eigenvalue weighted by molar-refractivity contribution is -0.145. The first-order chi connectivity index (χ1) is 6.39. The maximum absolute atomic E-state index is 12.0. The largest absolute Gasteiger partial charge is 0.401 e. The van der Waals surface area contributed by atoms with Crippen molar-refractivity contribution < 1.29 is 18.3 Å². The number of nitrogens with zero attached hydrogens (tertiary/aromatic N) is 1. The molecular formula is C7H10Cl2F3NO. The summed E-state index contributed by atoms with van der Waals surface area (Å²) in [6, 6.07) is 0. The van der Waals surface area contributed by atoms with Gasteiger partial charge in [-0.15, -0.1) is 0 Å². The van der Waals surface area contributed by atoms with Gasteiger partial charge >= 0.3 is 6.18 Å². The Kier molecular flexibility index (Phi) is 6.52. The van der Waals surface area contributed by atoms with Crippen LogP contribution < -0.4 is 0 Å². The van der Waals surface area contributed by atoms with Crippen LogP contribution in [-0.2, 0) is 0 Å². The molecule has 0 spiro atoms. The van der Waals surface area contributed by atoms with E-state index in [1.165, 1.54) is 0 Å². The molecule has 14 heavy (non-hydrogen) atoms. The summed E-state index contributed by atoms with van der Waals surface area (Å²) < 4.78 is 35.9. The first kappa shape index (κ1) is 14.0. The fourth-order valence-electron chi connectivity index (χ4n) is 0.857. The molecule has 0 heterocycles. The van der Waals surface area contributed by atoms with Crippen molar-refractivity contribution in [3.05, 3.63) is 10.6 Å². The molecule has 0 aromatic heterocycles. The van der Waals surface area contributed by atoms with Crippen molar-refractivity contribution in [3.63, 3.8) is 0 Å². The predicted molar refractivity (Wildman–Crippen MR) is 49.4 cm³/mol. The van der Waals surface area contributed by atoms with Gasteiger partial charge in [-0.2, -0.15) is 13.2 Å². The van der Waals surface area contributed by atoms with Crippen molar-refractivity contribution in [1.29, 1.82) is 0 Å². The van der Waals surface area contributed by atoms with Gasteiger partial charge in [-0.1, -0.05) is 23.2 Å². The minimum Gasteiger partial charge on any atom is -0.395 e. The minimum atomic E-state index is -4.31. The van der Waals surface area contributed by atoms with E-state index >= 15 is 0 Å². The normalized spacial score (nSPS) is 13.8. The average molecular weight is 252 g/mol. The summed E-state index contributed by atoms with van der Waals surface area (Å²) in [6.45, 7) is -1.69. The van der Waals surface area contributed by atoms with Gasteiger partial charge in [0.2, 0.25) is 0 Å². The SMILES string of the molecule is OCCN(CC(Cl)=CCl)CC(F)(F)F. The van der Waals surface area contributed by atoms with Crippen molar-refractivity contribution in [3.8, 4) is 0 Å². The highest BCUT2D eigenvalue weighted by Gasteiger charge is 2.30.